The summed E-state index contributed by atoms with van der Waals surface area (Å²) in [6, 6.07) is 13.3. The Morgan fingerprint density at radius 1 is 0.935 bits per heavy atom. The van der Waals surface area contributed by atoms with Crippen LogP contribution in [0.5, 0.6) is 11.5 Å². The van der Waals surface area contributed by atoms with Gasteiger partial charge in [-0.2, -0.15) is 0 Å². The Balaban J connectivity index is 2.05. The molecule has 0 spiro atoms. The van der Waals surface area contributed by atoms with E-state index in [-0.39, 0.29) is 24.3 Å². The molecule has 164 valence electrons. The summed E-state index contributed by atoms with van der Waals surface area (Å²) >= 11 is 0. The van der Waals surface area contributed by atoms with Crippen LogP contribution in [0.2, 0.25) is 0 Å². The maximum absolute atomic E-state index is 14.2. The molecule has 0 bridgehead atoms. The number of rotatable bonds is 8. The Bertz CT molecular complexity index is 1040. The number of benzene rings is 2. The fourth-order valence-electron chi connectivity index (χ4n) is 3.78. The molecule has 0 N–H and O–H groups in total. The Morgan fingerprint density at radius 2 is 1.61 bits per heavy atom. The normalized spacial score (nSPS) is 11.1. The number of hydrogen-bond donors (Lipinski definition) is 0. The quantitative estimate of drug-likeness (QED) is 0.392. The lowest BCUT2D eigenvalue weighted by molar-refractivity contribution is 0.227. The summed E-state index contributed by atoms with van der Waals surface area (Å²) in [5.41, 5.74) is 7.25. The molecule has 0 fully saturated rings. The molecule has 0 saturated heterocycles. The predicted molar refractivity (Wildman–Crippen MR) is 124 cm³/mol. The Labute approximate surface area is 185 Å². The number of halogens is 1. The molecular weight excluding hydrogens is 389 g/mol. The van der Waals surface area contributed by atoms with Crippen molar-refractivity contribution in [3.63, 3.8) is 0 Å². The van der Waals surface area contributed by atoms with E-state index in [1.807, 2.05) is 33.8 Å². The fourth-order valence-corrected chi connectivity index (χ4v) is 3.78. The molecule has 0 atom stereocenters. The van der Waals surface area contributed by atoms with Crippen LogP contribution in [0.15, 0.2) is 42.5 Å². The number of pyridine rings is 1. The van der Waals surface area contributed by atoms with Crippen molar-refractivity contribution in [3.8, 4) is 22.8 Å². The van der Waals surface area contributed by atoms with Gasteiger partial charge in [0.25, 0.3) is 0 Å². The van der Waals surface area contributed by atoms with E-state index in [1.54, 1.807) is 12.1 Å². The first-order chi connectivity index (χ1) is 14.8. The molecule has 1 aromatic heterocycles. The number of aromatic nitrogens is 1. The molecule has 3 rings (SSSR count). The second-order valence-corrected chi connectivity index (χ2v) is 8.12. The van der Waals surface area contributed by atoms with E-state index in [2.05, 4.69) is 32.0 Å². The summed E-state index contributed by atoms with van der Waals surface area (Å²) < 4.78 is 26.2. The molecule has 0 amide bonds. The van der Waals surface area contributed by atoms with E-state index in [1.165, 1.54) is 22.8 Å². The van der Waals surface area contributed by atoms with Gasteiger partial charge in [0, 0.05) is 17.3 Å². The molecule has 3 aromatic rings. The standard InChI is InChI=1S/C27H32FNO2/c1-7-20-10-9-11-21(8-2)27(20)24-15-25(31-17(3)4)22(19(6)29-24)16-30-26-14-18(5)12-13-23(26)28/h9-15,17H,7-8,16H2,1-6H3. The summed E-state index contributed by atoms with van der Waals surface area (Å²) in [5, 5.41) is 0. The molecule has 0 aliphatic carbocycles. The fraction of sp³-hybridized carbons (Fsp3) is 0.370. The van der Waals surface area contributed by atoms with Gasteiger partial charge < -0.3 is 9.47 Å². The van der Waals surface area contributed by atoms with Crippen molar-refractivity contribution in [1.82, 2.24) is 4.98 Å². The predicted octanol–water partition coefficient (Wildman–Crippen LogP) is 7.00. The zero-order valence-electron chi connectivity index (χ0n) is 19.4. The van der Waals surface area contributed by atoms with Crippen molar-refractivity contribution in [2.75, 3.05) is 0 Å². The highest BCUT2D eigenvalue weighted by Crippen LogP contribution is 2.34. The molecule has 2 aromatic carbocycles. The molecule has 0 saturated carbocycles. The minimum atomic E-state index is -0.372. The molecule has 0 radical (unpaired) electrons. The summed E-state index contributed by atoms with van der Waals surface area (Å²) in [6.45, 7) is 12.4. The van der Waals surface area contributed by atoms with E-state index in [0.29, 0.717) is 0 Å². The van der Waals surface area contributed by atoms with Gasteiger partial charge in [-0.3, -0.25) is 4.98 Å². The van der Waals surface area contributed by atoms with Gasteiger partial charge in [0.05, 0.1) is 17.4 Å². The third-order valence-corrected chi connectivity index (χ3v) is 5.37. The molecule has 3 nitrogen and oxygen atoms in total. The third kappa shape index (κ3) is 5.25. The number of ether oxygens (including phenoxy) is 2. The Morgan fingerprint density at radius 3 is 2.23 bits per heavy atom. The highest BCUT2D eigenvalue weighted by Gasteiger charge is 2.18. The zero-order chi connectivity index (χ0) is 22.5. The van der Waals surface area contributed by atoms with Crippen LogP contribution in [0.4, 0.5) is 4.39 Å². The van der Waals surface area contributed by atoms with Gasteiger partial charge in [-0.15, -0.1) is 0 Å². The Kier molecular flexibility index (Phi) is 7.32. The van der Waals surface area contributed by atoms with Gasteiger partial charge in [0.2, 0.25) is 0 Å². The molecule has 4 heteroatoms. The zero-order valence-corrected chi connectivity index (χ0v) is 19.4. The van der Waals surface area contributed by atoms with E-state index >= 15 is 0 Å². The Hall–Kier alpha value is -2.88. The first kappa shape index (κ1) is 22.8. The van der Waals surface area contributed by atoms with Gasteiger partial charge in [0.1, 0.15) is 12.4 Å². The van der Waals surface area contributed by atoms with Gasteiger partial charge >= 0.3 is 0 Å². The summed E-state index contributed by atoms with van der Waals surface area (Å²) in [5.74, 6) is 0.603. The minimum absolute atomic E-state index is 0.00355. The SMILES string of the molecule is CCc1cccc(CC)c1-c1cc(OC(C)C)c(COc2cc(C)ccc2F)c(C)n1. The highest BCUT2D eigenvalue weighted by atomic mass is 19.1. The van der Waals surface area contributed by atoms with Crippen molar-refractivity contribution in [2.24, 2.45) is 0 Å². The van der Waals surface area contributed by atoms with Crippen LogP contribution in [-0.4, -0.2) is 11.1 Å². The minimum Gasteiger partial charge on any atom is -0.490 e. The van der Waals surface area contributed by atoms with E-state index in [9.17, 15) is 4.39 Å². The molecule has 0 aliphatic rings. The van der Waals surface area contributed by atoms with Crippen molar-refractivity contribution in [2.45, 2.75) is 67.1 Å². The van der Waals surface area contributed by atoms with Crippen LogP contribution in [0, 0.1) is 19.7 Å². The maximum Gasteiger partial charge on any atom is 0.165 e. The largest absolute Gasteiger partial charge is 0.490 e. The second kappa shape index (κ2) is 9.95. The first-order valence-corrected chi connectivity index (χ1v) is 11.0. The molecule has 0 unspecified atom stereocenters. The molecule has 0 aliphatic heterocycles. The summed E-state index contributed by atoms with van der Waals surface area (Å²) in [7, 11) is 0. The van der Waals surface area contributed by atoms with Crippen LogP contribution in [-0.2, 0) is 19.4 Å². The lowest BCUT2D eigenvalue weighted by atomic mass is 9.94. The van der Waals surface area contributed by atoms with Crippen molar-refractivity contribution >= 4 is 0 Å². The van der Waals surface area contributed by atoms with Gasteiger partial charge in [-0.1, -0.05) is 38.1 Å². The highest BCUT2D eigenvalue weighted by molar-refractivity contribution is 5.70. The van der Waals surface area contributed by atoms with Gasteiger partial charge in [0.15, 0.2) is 11.6 Å². The van der Waals surface area contributed by atoms with Crippen LogP contribution in [0.25, 0.3) is 11.3 Å². The summed E-state index contributed by atoms with van der Waals surface area (Å²) in [6.07, 6.45) is 1.86. The van der Waals surface area contributed by atoms with E-state index in [4.69, 9.17) is 14.5 Å². The van der Waals surface area contributed by atoms with E-state index in [0.717, 1.165) is 41.1 Å². The van der Waals surface area contributed by atoms with Crippen LogP contribution in [0.1, 0.15) is 55.6 Å². The van der Waals surface area contributed by atoms with Crippen LogP contribution >= 0.6 is 0 Å². The van der Waals surface area contributed by atoms with Crippen molar-refractivity contribution < 1.29 is 13.9 Å². The number of aryl methyl sites for hydroxylation is 4. The average molecular weight is 422 g/mol. The number of nitrogens with zero attached hydrogens (tertiary/aromatic N) is 1. The van der Waals surface area contributed by atoms with Gasteiger partial charge in [-0.25, -0.2) is 4.39 Å². The van der Waals surface area contributed by atoms with Gasteiger partial charge in [-0.05, 0) is 69.4 Å². The molecule has 31 heavy (non-hydrogen) atoms. The van der Waals surface area contributed by atoms with E-state index < -0.39 is 0 Å². The molecular formula is C27H32FNO2. The molecule has 1 heterocycles. The van der Waals surface area contributed by atoms with Crippen LogP contribution < -0.4 is 9.47 Å². The monoisotopic (exact) mass is 421 g/mol. The van der Waals surface area contributed by atoms with Crippen molar-refractivity contribution in [1.29, 1.82) is 0 Å². The lowest BCUT2D eigenvalue weighted by Crippen LogP contribution is -2.12. The topological polar surface area (TPSA) is 31.4 Å². The van der Waals surface area contributed by atoms with Crippen molar-refractivity contribution in [3.05, 3.63) is 76.2 Å². The third-order valence-electron chi connectivity index (χ3n) is 5.37. The average Bonchev–Trinajstić information content (AvgIpc) is 2.74. The maximum atomic E-state index is 14.2. The summed E-state index contributed by atoms with van der Waals surface area (Å²) in [4.78, 5) is 4.93. The second-order valence-electron chi connectivity index (χ2n) is 8.12. The first-order valence-electron chi connectivity index (χ1n) is 11.0. The smallest absolute Gasteiger partial charge is 0.165 e. The van der Waals surface area contributed by atoms with Crippen LogP contribution in [0.3, 0.4) is 0 Å². The lowest BCUT2D eigenvalue weighted by Gasteiger charge is -2.20. The number of hydrogen-bond acceptors (Lipinski definition) is 3.